The van der Waals surface area contributed by atoms with Crippen LogP contribution < -0.4 is 0 Å². The fourth-order valence-electron chi connectivity index (χ4n) is 1.62. The van der Waals surface area contributed by atoms with Crippen LogP contribution in [0.25, 0.3) is 0 Å². The monoisotopic (exact) mass is 226 g/mol. The number of hydrogen-bond donors (Lipinski definition) is 2. The number of thiol groups is 1. The number of hydrogen-bond acceptors (Lipinski definition) is 2. The van der Waals surface area contributed by atoms with Gasteiger partial charge in [-0.2, -0.15) is 0 Å². The van der Waals surface area contributed by atoms with Crippen molar-refractivity contribution in [2.45, 2.75) is 37.9 Å². The topological polar surface area (TPSA) is 37.3 Å². The van der Waals surface area contributed by atoms with E-state index in [0.717, 1.165) is 17.8 Å². The average Bonchev–Trinajstić information content (AvgIpc) is 1.91. The third-order valence-electron chi connectivity index (χ3n) is 2.31. The molecule has 0 aliphatic heterocycles. The van der Waals surface area contributed by atoms with Crippen LogP contribution in [0.15, 0.2) is 0 Å². The van der Waals surface area contributed by atoms with E-state index in [-0.39, 0.29) is 0 Å². The second-order valence-electron chi connectivity index (χ2n) is 3.40. The van der Waals surface area contributed by atoms with Gasteiger partial charge < -0.3 is 4.89 Å². The molecule has 1 N–H and O–H groups in total. The summed E-state index contributed by atoms with van der Waals surface area (Å²) in [5, 5.41) is 0.340. The lowest BCUT2D eigenvalue weighted by Gasteiger charge is -2.28. The zero-order valence-corrected chi connectivity index (χ0v) is 9.75. The maximum Gasteiger partial charge on any atom is 0.307 e. The minimum Gasteiger partial charge on any atom is -0.329 e. The summed E-state index contributed by atoms with van der Waals surface area (Å²) < 4.78 is 11.0. The molecule has 1 aliphatic rings. The molecular weight excluding hydrogens is 211 g/mol. The van der Waals surface area contributed by atoms with Crippen LogP contribution >= 0.6 is 29.4 Å². The van der Waals surface area contributed by atoms with Gasteiger partial charge in [-0.1, -0.05) is 43.4 Å². The first-order valence-electron chi connectivity index (χ1n) is 4.23. The molecule has 0 aromatic heterocycles. The standard InChI is InChI=1S/C7H15O2PS2/c1-6-4-2-3-5-7(6)12-10(8,9)11/h6-7H,2-5H2,1H3,(H2,8,9,11). The molecule has 0 amide bonds. The van der Waals surface area contributed by atoms with Crippen molar-refractivity contribution in [3.8, 4) is 0 Å². The minimum atomic E-state index is -3.16. The lowest BCUT2D eigenvalue weighted by molar-refractivity contribution is 0.398. The average molecular weight is 226 g/mol. The SMILES string of the molecule is CC1CCCCC1SP(=O)(O)S. The Morgan fingerprint density at radius 3 is 2.58 bits per heavy atom. The van der Waals surface area contributed by atoms with Gasteiger partial charge in [-0.25, -0.2) is 0 Å². The molecule has 5 heteroatoms. The van der Waals surface area contributed by atoms with Gasteiger partial charge in [0.2, 0.25) is 0 Å². The molecule has 0 spiro atoms. The molecule has 72 valence electrons. The van der Waals surface area contributed by atoms with Crippen LogP contribution in [0.4, 0.5) is 0 Å². The predicted octanol–water partition coefficient (Wildman–Crippen LogP) is 3.33. The van der Waals surface area contributed by atoms with Crippen LogP contribution in [-0.4, -0.2) is 10.1 Å². The molecule has 1 aliphatic carbocycles. The van der Waals surface area contributed by atoms with Crippen molar-refractivity contribution in [1.29, 1.82) is 0 Å². The molecule has 1 fully saturated rings. The summed E-state index contributed by atoms with van der Waals surface area (Å²) in [7, 11) is 0. The maximum atomic E-state index is 11.0. The summed E-state index contributed by atoms with van der Waals surface area (Å²) in [5.74, 6) is -2.59. The van der Waals surface area contributed by atoms with E-state index in [4.69, 9.17) is 4.89 Å². The fourth-order valence-corrected chi connectivity index (χ4v) is 5.67. The lowest BCUT2D eigenvalue weighted by atomic mass is 9.90. The second kappa shape index (κ2) is 4.41. The van der Waals surface area contributed by atoms with Crippen molar-refractivity contribution in [3.63, 3.8) is 0 Å². The first-order valence-corrected chi connectivity index (χ1v) is 8.53. The van der Waals surface area contributed by atoms with E-state index < -0.39 is 5.77 Å². The Balaban J connectivity index is 2.44. The largest absolute Gasteiger partial charge is 0.329 e. The predicted molar refractivity (Wildman–Crippen MR) is 57.8 cm³/mol. The molecule has 0 aromatic rings. The highest BCUT2D eigenvalue weighted by Gasteiger charge is 2.27. The van der Waals surface area contributed by atoms with Crippen molar-refractivity contribution in [3.05, 3.63) is 0 Å². The molecular formula is C7H15O2PS2. The fraction of sp³-hybridized carbons (Fsp3) is 1.00. The van der Waals surface area contributed by atoms with Gasteiger partial charge in [-0.05, 0) is 18.8 Å². The third-order valence-corrected chi connectivity index (χ3v) is 6.04. The molecule has 2 nitrogen and oxygen atoms in total. The van der Waals surface area contributed by atoms with Crippen molar-refractivity contribution in [2.24, 2.45) is 5.92 Å². The Morgan fingerprint density at radius 2 is 2.08 bits per heavy atom. The van der Waals surface area contributed by atoms with Gasteiger partial charge in [0.15, 0.2) is 0 Å². The van der Waals surface area contributed by atoms with E-state index in [1.54, 1.807) is 0 Å². The van der Waals surface area contributed by atoms with Gasteiger partial charge in [0.05, 0.1) is 0 Å². The van der Waals surface area contributed by atoms with Crippen LogP contribution in [0.1, 0.15) is 32.6 Å². The van der Waals surface area contributed by atoms with E-state index in [1.165, 1.54) is 19.3 Å². The molecule has 3 atom stereocenters. The maximum absolute atomic E-state index is 11.0. The van der Waals surface area contributed by atoms with Gasteiger partial charge in [0.1, 0.15) is 0 Å². The van der Waals surface area contributed by atoms with Crippen LogP contribution in [0.3, 0.4) is 0 Å². The van der Waals surface area contributed by atoms with E-state index in [0.29, 0.717) is 11.2 Å². The molecule has 12 heavy (non-hydrogen) atoms. The van der Waals surface area contributed by atoms with Crippen LogP contribution in [0.2, 0.25) is 0 Å². The van der Waals surface area contributed by atoms with E-state index in [2.05, 4.69) is 19.2 Å². The van der Waals surface area contributed by atoms with Crippen LogP contribution in [0, 0.1) is 5.92 Å². The van der Waals surface area contributed by atoms with E-state index in [9.17, 15) is 4.57 Å². The highest BCUT2D eigenvalue weighted by atomic mass is 33.1. The molecule has 1 saturated carbocycles. The summed E-state index contributed by atoms with van der Waals surface area (Å²) in [6, 6.07) is 0. The molecule has 3 unspecified atom stereocenters. The van der Waals surface area contributed by atoms with Gasteiger partial charge in [0, 0.05) is 5.25 Å². The summed E-state index contributed by atoms with van der Waals surface area (Å²) in [6.45, 7) is 2.15. The second-order valence-corrected chi connectivity index (χ2v) is 9.75. The van der Waals surface area contributed by atoms with Gasteiger partial charge in [0.25, 0.3) is 0 Å². The Morgan fingerprint density at radius 1 is 1.50 bits per heavy atom. The normalized spacial score (nSPS) is 35.9. The quantitative estimate of drug-likeness (QED) is 0.560. The van der Waals surface area contributed by atoms with Gasteiger partial charge in [-0.15, -0.1) is 0 Å². The van der Waals surface area contributed by atoms with Crippen molar-refractivity contribution in [1.82, 2.24) is 0 Å². The van der Waals surface area contributed by atoms with Crippen molar-refractivity contribution in [2.75, 3.05) is 0 Å². The van der Waals surface area contributed by atoms with Gasteiger partial charge in [-0.3, -0.25) is 4.57 Å². The van der Waals surface area contributed by atoms with E-state index in [1.807, 2.05) is 0 Å². The van der Waals surface area contributed by atoms with Crippen LogP contribution in [0.5, 0.6) is 0 Å². The molecule has 0 saturated heterocycles. The summed E-state index contributed by atoms with van der Waals surface area (Å²) in [5.41, 5.74) is 0. The number of rotatable bonds is 2. The molecule has 1 rings (SSSR count). The molecule has 0 aromatic carbocycles. The van der Waals surface area contributed by atoms with Crippen molar-refractivity contribution < 1.29 is 9.46 Å². The zero-order chi connectivity index (χ0) is 9.19. The summed E-state index contributed by atoms with van der Waals surface area (Å²) in [4.78, 5) is 9.07. The zero-order valence-electron chi connectivity index (χ0n) is 7.14. The molecule has 0 radical (unpaired) electrons. The Labute approximate surface area is 82.9 Å². The van der Waals surface area contributed by atoms with E-state index >= 15 is 0 Å². The summed E-state index contributed by atoms with van der Waals surface area (Å²) in [6.07, 6.45) is 4.71. The third kappa shape index (κ3) is 3.73. The Kier molecular flexibility index (Phi) is 4.03. The Bertz CT molecular complexity index is 192. The lowest BCUT2D eigenvalue weighted by Crippen LogP contribution is -2.18. The smallest absolute Gasteiger partial charge is 0.307 e. The highest BCUT2D eigenvalue weighted by Crippen LogP contribution is 2.63. The first kappa shape index (κ1) is 11.0. The molecule has 0 bridgehead atoms. The highest BCUT2D eigenvalue weighted by molar-refractivity contribution is 8.84. The van der Waals surface area contributed by atoms with Crippen molar-refractivity contribution >= 4 is 29.4 Å². The summed E-state index contributed by atoms with van der Waals surface area (Å²) >= 11 is 4.84. The van der Waals surface area contributed by atoms with Crippen LogP contribution in [-0.2, 0) is 4.57 Å². The Hall–Kier alpha value is 0.890. The van der Waals surface area contributed by atoms with Gasteiger partial charge >= 0.3 is 5.77 Å². The minimum absolute atomic E-state index is 0.340. The first-order chi connectivity index (χ1) is 5.49. The molecule has 0 heterocycles.